The molecule has 1 N–H and O–H groups in total. The molecular formula is C17H21FN4OS. The lowest BCUT2D eigenvalue weighted by Gasteiger charge is -2.40. The van der Waals surface area contributed by atoms with E-state index in [4.69, 9.17) is 0 Å². The summed E-state index contributed by atoms with van der Waals surface area (Å²) >= 11 is 1.57. The van der Waals surface area contributed by atoms with Crippen LogP contribution in [0.15, 0.2) is 18.2 Å². The number of thiazole rings is 1. The predicted octanol–water partition coefficient (Wildman–Crippen LogP) is 1.83. The first-order valence-corrected chi connectivity index (χ1v) is 9.28. The average molecular weight is 348 g/mol. The topological polar surface area (TPSA) is 48.5 Å². The number of likely N-dealkylation sites (tertiary alicyclic amines) is 1. The van der Waals surface area contributed by atoms with Crippen LogP contribution in [0.25, 0.3) is 10.2 Å². The Labute approximate surface area is 144 Å². The summed E-state index contributed by atoms with van der Waals surface area (Å²) in [5, 5.41) is 4.16. The van der Waals surface area contributed by atoms with Crippen molar-refractivity contribution in [3.63, 3.8) is 0 Å². The number of carbonyl (C=O) groups is 1. The second kappa shape index (κ2) is 6.74. The number of piperazine rings is 1. The Hall–Kier alpha value is -1.57. The van der Waals surface area contributed by atoms with Crippen molar-refractivity contribution in [1.29, 1.82) is 0 Å². The van der Waals surface area contributed by atoms with Crippen molar-refractivity contribution in [1.82, 2.24) is 20.1 Å². The number of benzene rings is 1. The van der Waals surface area contributed by atoms with Gasteiger partial charge in [0.05, 0.1) is 23.3 Å². The van der Waals surface area contributed by atoms with E-state index in [1.807, 2.05) is 4.90 Å². The normalized spacial score (nSPS) is 20.9. The van der Waals surface area contributed by atoms with E-state index < -0.39 is 0 Å². The van der Waals surface area contributed by atoms with Gasteiger partial charge in [0.2, 0.25) is 5.91 Å². The predicted molar refractivity (Wildman–Crippen MR) is 92.5 cm³/mol. The van der Waals surface area contributed by atoms with E-state index in [1.165, 1.54) is 6.07 Å². The minimum atomic E-state index is -0.209. The van der Waals surface area contributed by atoms with Crippen molar-refractivity contribution in [3.8, 4) is 0 Å². The van der Waals surface area contributed by atoms with Crippen molar-refractivity contribution in [2.24, 2.45) is 0 Å². The number of amides is 1. The summed E-state index contributed by atoms with van der Waals surface area (Å²) in [5.74, 6) is 0.0205. The molecule has 1 aromatic heterocycles. The third-order valence-electron chi connectivity index (χ3n) is 4.88. The van der Waals surface area contributed by atoms with Gasteiger partial charge in [-0.1, -0.05) is 0 Å². The summed E-state index contributed by atoms with van der Waals surface area (Å²) in [6.07, 6.45) is 2.04. The highest BCUT2D eigenvalue weighted by Gasteiger charge is 2.29. The van der Waals surface area contributed by atoms with Crippen molar-refractivity contribution >= 4 is 27.5 Å². The number of hydrogen-bond donors (Lipinski definition) is 1. The highest BCUT2D eigenvalue weighted by atomic mass is 32.1. The molecule has 2 aliphatic rings. The Bertz CT molecular complexity index is 741. The molecule has 0 atom stereocenters. The molecule has 128 valence electrons. The second-order valence-corrected chi connectivity index (χ2v) is 7.61. The fourth-order valence-corrected chi connectivity index (χ4v) is 4.64. The Kier molecular flexibility index (Phi) is 4.47. The smallest absolute Gasteiger partial charge is 0.236 e. The third kappa shape index (κ3) is 3.29. The van der Waals surface area contributed by atoms with Crippen molar-refractivity contribution in [3.05, 3.63) is 29.0 Å². The first-order valence-electron chi connectivity index (χ1n) is 8.46. The van der Waals surface area contributed by atoms with Crippen molar-refractivity contribution < 1.29 is 9.18 Å². The van der Waals surface area contributed by atoms with Crippen molar-refractivity contribution in [2.75, 3.05) is 32.7 Å². The van der Waals surface area contributed by atoms with Crippen molar-refractivity contribution in [2.45, 2.75) is 25.4 Å². The average Bonchev–Trinajstić information content (AvgIpc) is 2.97. The van der Waals surface area contributed by atoms with Crippen LogP contribution < -0.4 is 5.32 Å². The van der Waals surface area contributed by atoms with Gasteiger partial charge in [0.25, 0.3) is 0 Å². The van der Waals surface area contributed by atoms with Gasteiger partial charge >= 0.3 is 0 Å². The van der Waals surface area contributed by atoms with Gasteiger partial charge in [-0.15, -0.1) is 11.3 Å². The maximum atomic E-state index is 13.3. The molecule has 0 unspecified atom stereocenters. The number of hydrogen-bond acceptors (Lipinski definition) is 5. The lowest BCUT2D eigenvalue weighted by Crippen LogP contribution is -2.55. The lowest BCUT2D eigenvalue weighted by molar-refractivity contribution is -0.135. The molecule has 24 heavy (non-hydrogen) atoms. The lowest BCUT2D eigenvalue weighted by atomic mass is 10.0. The van der Waals surface area contributed by atoms with Gasteiger partial charge in [0.15, 0.2) is 0 Å². The highest BCUT2D eigenvalue weighted by Crippen LogP contribution is 2.25. The van der Waals surface area contributed by atoms with Gasteiger partial charge in [-0.05, 0) is 31.0 Å². The number of rotatable bonds is 3. The monoisotopic (exact) mass is 348 g/mol. The van der Waals surface area contributed by atoms with Crippen LogP contribution in [0.1, 0.15) is 17.8 Å². The van der Waals surface area contributed by atoms with Crippen LogP contribution in [0.4, 0.5) is 4.39 Å². The zero-order valence-electron chi connectivity index (χ0n) is 13.5. The number of fused-ring (bicyclic) bond motifs is 1. The van der Waals surface area contributed by atoms with E-state index in [0.29, 0.717) is 12.6 Å². The summed E-state index contributed by atoms with van der Waals surface area (Å²) in [6, 6.07) is 5.13. The van der Waals surface area contributed by atoms with Gasteiger partial charge in [0, 0.05) is 32.2 Å². The molecule has 1 amide bonds. The molecule has 5 nitrogen and oxygen atoms in total. The van der Waals surface area contributed by atoms with E-state index in [0.717, 1.165) is 60.8 Å². The molecule has 4 rings (SSSR count). The first kappa shape index (κ1) is 15.9. The molecule has 2 saturated heterocycles. The molecule has 3 heterocycles. The molecule has 1 aromatic carbocycles. The molecule has 0 aliphatic carbocycles. The van der Waals surface area contributed by atoms with E-state index in [-0.39, 0.29) is 11.7 Å². The molecular weight excluding hydrogens is 327 g/mol. The molecule has 0 bridgehead atoms. The minimum absolute atomic E-state index is 0.209. The number of aromatic nitrogens is 1. The molecule has 0 radical (unpaired) electrons. The number of piperidine rings is 1. The van der Waals surface area contributed by atoms with Crippen LogP contribution in [-0.4, -0.2) is 59.5 Å². The maximum Gasteiger partial charge on any atom is 0.236 e. The Morgan fingerprint density at radius 2 is 2.12 bits per heavy atom. The largest absolute Gasteiger partial charge is 0.337 e. The van der Waals surface area contributed by atoms with E-state index in [9.17, 15) is 9.18 Å². The van der Waals surface area contributed by atoms with Gasteiger partial charge in [-0.2, -0.15) is 0 Å². The SMILES string of the molecule is O=C1CNCCN1C1CCN(Cc2nc3ccc(F)cc3s2)CC1. The van der Waals surface area contributed by atoms with Crippen LogP contribution in [-0.2, 0) is 11.3 Å². The van der Waals surface area contributed by atoms with Gasteiger partial charge < -0.3 is 10.2 Å². The second-order valence-electron chi connectivity index (χ2n) is 6.49. The molecule has 7 heteroatoms. The van der Waals surface area contributed by atoms with E-state index in [1.54, 1.807) is 23.5 Å². The summed E-state index contributed by atoms with van der Waals surface area (Å²) in [5.41, 5.74) is 0.873. The summed E-state index contributed by atoms with van der Waals surface area (Å²) in [6.45, 7) is 4.96. The maximum absolute atomic E-state index is 13.3. The molecule has 0 spiro atoms. The van der Waals surface area contributed by atoms with Gasteiger partial charge in [-0.3, -0.25) is 9.69 Å². The fourth-order valence-electron chi connectivity index (χ4n) is 3.60. The Balaban J connectivity index is 1.36. The van der Waals surface area contributed by atoms with Crippen LogP contribution in [0.3, 0.4) is 0 Å². The van der Waals surface area contributed by atoms with Crippen LogP contribution in [0.2, 0.25) is 0 Å². The zero-order chi connectivity index (χ0) is 16.5. The summed E-state index contributed by atoms with van der Waals surface area (Å²) in [4.78, 5) is 21.0. The Morgan fingerprint density at radius 3 is 2.92 bits per heavy atom. The molecule has 2 fully saturated rings. The zero-order valence-corrected chi connectivity index (χ0v) is 14.3. The third-order valence-corrected chi connectivity index (χ3v) is 5.88. The first-order chi connectivity index (χ1) is 11.7. The van der Waals surface area contributed by atoms with Crippen LogP contribution >= 0.6 is 11.3 Å². The fraction of sp³-hybridized carbons (Fsp3) is 0.529. The van der Waals surface area contributed by atoms with Gasteiger partial charge in [-0.25, -0.2) is 9.37 Å². The van der Waals surface area contributed by atoms with Crippen LogP contribution in [0.5, 0.6) is 0 Å². The number of halogens is 1. The highest BCUT2D eigenvalue weighted by molar-refractivity contribution is 7.18. The van der Waals surface area contributed by atoms with Gasteiger partial charge in [0.1, 0.15) is 10.8 Å². The van der Waals surface area contributed by atoms with E-state index in [2.05, 4.69) is 15.2 Å². The standard InChI is InChI=1S/C17H21FN4OS/c18-12-1-2-14-15(9-12)24-16(20-14)11-21-6-3-13(4-7-21)22-8-5-19-10-17(22)23/h1-2,9,13,19H,3-8,10-11H2. The number of nitrogens with zero attached hydrogens (tertiary/aromatic N) is 3. The quantitative estimate of drug-likeness (QED) is 0.919. The molecule has 0 saturated carbocycles. The summed E-state index contributed by atoms with van der Waals surface area (Å²) < 4.78 is 14.2. The summed E-state index contributed by atoms with van der Waals surface area (Å²) in [7, 11) is 0. The number of carbonyl (C=O) groups excluding carboxylic acids is 1. The molecule has 2 aromatic rings. The van der Waals surface area contributed by atoms with Crippen LogP contribution in [0, 0.1) is 5.82 Å². The van der Waals surface area contributed by atoms with E-state index >= 15 is 0 Å². The Morgan fingerprint density at radius 1 is 1.29 bits per heavy atom. The molecule has 2 aliphatic heterocycles. The number of nitrogens with one attached hydrogen (secondary N) is 1. The minimum Gasteiger partial charge on any atom is -0.337 e.